The monoisotopic (exact) mass is 473 g/mol. The third-order valence-electron chi connectivity index (χ3n) is 5.45. The Bertz CT molecular complexity index is 1250. The molecule has 3 aromatic carbocycles. The second-order valence-electron chi connectivity index (χ2n) is 8.45. The molecule has 4 rings (SSSR count). The second kappa shape index (κ2) is 10.1. The van der Waals surface area contributed by atoms with Gasteiger partial charge >= 0.3 is 5.97 Å². The molecule has 0 atom stereocenters. The number of aliphatic carboxylic acids is 1. The fourth-order valence-corrected chi connectivity index (χ4v) is 4.39. The minimum Gasteiger partial charge on any atom is -0.493 e. The summed E-state index contributed by atoms with van der Waals surface area (Å²) in [6.07, 6.45) is 0.703. The van der Waals surface area contributed by atoms with E-state index in [1.165, 1.54) is 29.9 Å². The van der Waals surface area contributed by atoms with Crippen LogP contribution < -0.4 is 9.47 Å². The number of aryl methyl sites for hydroxylation is 1. The molecule has 6 heteroatoms. The van der Waals surface area contributed by atoms with E-state index in [1.54, 1.807) is 35.6 Å². The number of thiazole rings is 1. The van der Waals surface area contributed by atoms with Gasteiger partial charge in [0.25, 0.3) is 0 Å². The van der Waals surface area contributed by atoms with Crippen LogP contribution in [0.25, 0.3) is 21.7 Å². The van der Waals surface area contributed by atoms with Crippen LogP contribution in [-0.4, -0.2) is 28.3 Å². The van der Waals surface area contributed by atoms with E-state index in [-0.39, 0.29) is 0 Å². The van der Waals surface area contributed by atoms with Crippen molar-refractivity contribution in [2.45, 2.75) is 32.8 Å². The Morgan fingerprint density at radius 2 is 1.47 bits per heavy atom. The average Bonchev–Trinajstić information content (AvgIpc) is 3.21. The molecule has 5 nitrogen and oxygen atoms in total. The number of aromatic nitrogens is 1. The first-order chi connectivity index (χ1) is 16.3. The number of ether oxygens (including phenoxy) is 2. The molecule has 0 radical (unpaired) electrons. The van der Waals surface area contributed by atoms with Gasteiger partial charge in [-0.3, -0.25) is 0 Å². The van der Waals surface area contributed by atoms with Gasteiger partial charge in [-0.1, -0.05) is 54.6 Å². The Morgan fingerprint density at radius 1 is 0.882 bits per heavy atom. The van der Waals surface area contributed by atoms with Crippen LogP contribution in [0, 0.1) is 6.92 Å². The maximum absolute atomic E-state index is 11.2. The van der Waals surface area contributed by atoms with E-state index < -0.39 is 11.6 Å². The van der Waals surface area contributed by atoms with Crippen molar-refractivity contribution < 1.29 is 19.4 Å². The summed E-state index contributed by atoms with van der Waals surface area (Å²) >= 11 is 1.69. The molecule has 0 aliphatic rings. The minimum atomic E-state index is -1.29. The maximum atomic E-state index is 11.2. The van der Waals surface area contributed by atoms with Gasteiger partial charge in [-0.25, -0.2) is 9.78 Å². The van der Waals surface area contributed by atoms with E-state index in [0.29, 0.717) is 24.5 Å². The van der Waals surface area contributed by atoms with Crippen LogP contribution in [0.5, 0.6) is 11.5 Å². The van der Waals surface area contributed by atoms with E-state index in [4.69, 9.17) is 14.5 Å². The normalized spacial score (nSPS) is 11.3. The first-order valence-corrected chi connectivity index (χ1v) is 11.9. The predicted molar refractivity (Wildman–Crippen MR) is 136 cm³/mol. The summed E-state index contributed by atoms with van der Waals surface area (Å²) in [5.41, 5.74) is 3.25. The molecule has 1 N–H and O–H groups in total. The van der Waals surface area contributed by atoms with Gasteiger partial charge in [0.15, 0.2) is 5.60 Å². The fraction of sp³-hybridized carbons (Fsp3) is 0.214. The third-order valence-corrected chi connectivity index (χ3v) is 6.51. The Hall–Kier alpha value is -3.64. The lowest BCUT2D eigenvalue weighted by molar-refractivity contribution is -0.152. The van der Waals surface area contributed by atoms with Crippen LogP contribution in [0.2, 0.25) is 0 Å². The number of nitrogens with zero attached hydrogens (tertiary/aromatic N) is 1. The van der Waals surface area contributed by atoms with E-state index in [9.17, 15) is 9.90 Å². The molecule has 0 aliphatic heterocycles. The van der Waals surface area contributed by atoms with E-state index in [1.807, 2.05) is 18.2 Å². The van der Waals surface area contributed by atoms with Crippen LogP contribution in [-0.2, 0) is 11.2 Å². The van der Waals surface area contributed by atoms with Gasteiger partial charge < -0.3 is 14.6 Å². The highest BCUT2D eigenvalue weighted by atomic mass is 32.1. The Morgan fingerprint density at radius 3 is 2.12 bits per heavy atom. The largest absolute Gasteiger partial charge is 0.493 e. The van der Waals surface area contributed by atoms with E-state index >= 15 is 0 Å². The fourth-order valence-electron chi connectivity index (χ4n) is 3.43. The second-order valence-corrected chi connectivity index (χ2v) is 9.66. The van der Waals surface area contributed by atoms with Crippen molar-refractivity contribution in [3.8, 4) is 33.2 Å². The molecule has 1 heterocycles. The van der Waals surface area contributed by atoms with Crippen LogP contribution >= 0.6 is 11.3 Å². The summed E-state index contributed by atoms with van der Waals surface area (Å²) < 4.78 is 11.4. The molecule has 4 aromatic rings. The maximum Gasteiger partial charge on any atom is 0.347 e. The molecule has 1 aromatic heterocycles. The zero-order valence-corrected chi connectivity index (χ0v) is 20.3. The van der Waals surface area contributed by atoms with Gasteiger partial charge in [0.05, 0.1) is 12.3 Å². The molecular formula is C28H27NO4S. The van der Waals surface area contributed by atoms with Crippen molar-refractivity contribution in [1.29, 1.82) is 0 Å². The Kier molecular flexibility index (Phi) is 6.98. The summed E-state index contributed by atoms with van der Waals surface area (Å²) in [6, 6.07) is 25.8. The summed E-state index contributed by atoms with van der Waals surface area (Å²) in [6.45, 7) is 5.62. The highest BCUT2D eigenvalue weighted by Crippen LogP contribution is 2.30. The first-order valence-electron chi connectivity index (χ1n) is 11.1. The minimum absolute atomic E-state index is 0.484. The first kappa shape index (κ1) is 23.5. The molecule has 0 amide bonds. The van der Waals surface area contributed by atoms with E-state index in [0.717, 1.165) is 16.3 Å². The Balaban J connectivity index is 1.34. The Labute approximate surface area is 203 Å². The number of carboxylic acids is 1. The third kappa shape index (κ3) is 5.64. The highest BCUT2D eigenvalue weighted by molar-refractivity contribution is 7.15. The smallest absolute Gasteiger partial charge is 0.347 e. The molecule has 174 valence electrons. The number of rotatable bonds is 9. The summed E-state index contributed by atoms with van der Waals surface area (Å²) in [5.74, 6) is 0.168. The van der Waals surface area contributed by atoms with Gasteiger partial charge in [-0.15, -0.1) is 11.3 Å². The number of hydrogen-bond acceptors (Lipinski definition) is 5. The van der Waals surface area contributed by atoms with Crippen molar-refractivity contribution in [2.24, 2.45) is 0 Å². The predicted octanol–water partition coefficient (Wildman–Crippen LogP) is 6.65. The molecule has 0 spiro atoms. The highest BCUT2D eigenvalue weighted by Gasteiger charge is 2.29. The quantitative estimate of drug-likeness (QED) is 0.295. The lowest BCUT2D eigenvalue weighted by atomic mass is 10.0. The van der Waals surface area contributed by atoms with E-state index in [2.05, 4.69) is 43.3 Å². The van der Waals surface area contributed by atoms with Gasteiger partial charge in [-0.05, 0) is 56.2 Å². The number of carboxylic acid groups (broad SMARTS) is 1. The average molecular weight is 474 g/mol. The molecule has 0 aliphatic carbocycles. The van der Waals surface area contributed by atoms with Gasteiger partial charge in [0.2, 0.25) is 0 Å². The molecule has 0 fully saturated rings. The number of benzene rings is 3. The molecule has 0 saturated heterocycles. The molecule has 0 bridgehead atoms. The molecule has 0 unspecified atom stereocenters. The van der Waals surface area contributed by atoms with Crippen molar-refractivity contribution in [2.75, 3.05) is 6.61 Å². The SMILES string of the molecule is Cc1sc(-c2ccc(-c3ccccc3)cc2)nc1CCOc1ccc(OC(C)(C)C(=O)O)cc1. The molecule has 0 saturated carbocycles. The molecule has 34 heavy (non-hydrogen) atoms. The topological polar surface area (TPSA) is 68.7 Å². The van der Waals surface area contributed by atoms with Crippen LogP contribution in [0.15, 0.2) is 78.9 Å². The summed E-state index contributed by atoms with van der Waals surface area (Å²) in [7, 11) is 0. The van der Waals surface area contributed by atoms with Crippen molar-refractivity contribution >= 4 is 17.3 Å². The van der Waals surface area contributed by atoms with Crippen molar-refractivity contribution in [1.82, 2.24) is 4.98 Å². The van der Waals surface area contributed by atoms with Gasteiger partial charge in [0, 0.05) is 16.9 Å². The van der Waals surface area contributed by atoms with Gasteiger partial charge in [0.1, 0.15) is 16.5 Å². The number of carbonyl (C=O) groups is 1. The van der Waals surface area contributed by atoms with Crippen LogP contribution in [0.4, 0.5) is 0 Å². The molecular weight excluding hydrogens is 446 g/mol. The zero-order chi connectivity index (χ0) is 24.1. The van der Waals surface area contributed by atoms with Crippen LogP contribution in [0.1, 0.15) is 24.4 Å². The summed E-state index contributed by atoms with van der Waals surface area (Å²) in [5, 5.41) is 10.2. The van der Waals surface area contributed by atoms with Crippen molar-refractivity contribution in [3.05, 3.63) is 89.4 Å². The van der Waals surface area contributed by atoms with Gasteiger partial charge in [-0.2, -0.15) is 0 Å². The lowest BCUT2D eigenvalue weighted by Crippen LogP contribution is -2.37. The standard InChI is InChI=1S/C28H27NO4S/c1-19-25(17-18-32-23-13-15-24(16-14-23)33-28(2,3)27(30)31)29-26(34-19)22-11-9-21(10-12-22)20-7-5-4-6-8-20/h4-16H,17-18H2,1-3H3,(H,30,31). The zero-order valence-electron chi connectivity index (χ0n) is 19.4. The summed E-state index contributed by atoms with van der Waals surface area (Å²) in [4.78, 5) is 17.2. The lowest BCUT2D eigenvalue weighted by Gasteiger charge is -2.21. The number of hydrogen-bond donors (Lipinski definition) is 1. The van der Waals surface area contributed by atoms with Crippen LogP contribution in [0.3, 0.4) is 0 Å². The van der Waals surface area contributed by atoms with Crippen molar-refractivity contribution in [3.63, 3.8) is 0 Å².